The van der Waals surface area contributed by atoms with Gasteiger partial charge >= 0.3 is 6.18 Å². The van der Waals surface area contributed by atoms with Crippen LogP contribution in [0.15, 0.2) is 71.7 Å². The van der Waals surface area contributed by atoms with Crippen LogP contribution in [0.1, 0.15) is 18.4 Å². The van der Waals surface area contributed by atoms with Crippen molar-refractivity contribution in [3.63, 3.8) is 0 Å². The van der Waals surface area contributed by atoms with Crippen molar-refractivity contribution in [3.05, 3.63) is 72.3 Å². The van der Waals surface area contributed by atoms with E-state index in [2.05, 4.69) is 4.99 Å². The summed E-state index contributed by atoms with van der Waals surface area (Å²) in [5, 5.41) is 0. The molecule has 0 aromatic heterocycles. The van der Waals surface area contributed by atoms with E-state index in [0.717, 1.165) is 12.0 Å². The second kappa shape index (κ2) is 11.9. The van der Waals surface area contributed by atoms with Gasteiger partial charge in [0.05, 0.1) is 19.4 Å². The summed E-state index contributed by atoms with van der Waals surface area (Å²) in [7, 11) is 1.48. The van der Waals surface area contributed by atoms with Crippen molar-refractivity contribution in [2.75, 3.05) is 20.3 Å². The van der Waals surface area contributed by atoms with E-state index in [1.807, 2.05) is 30.3 Å². The number of unbranched alkanes of at least 4 members (excludes halogenated alkanes) is 1. The third-order valence-electron chi connectivity index (χ3n) is 3.80. The normalized spacial score (nSPS) is 12.3. The molecular formula is C22H24F3NO3. The summed E-state index contributed by atoms with van der Waals surface area (Å²) in [5.74, 6) is -0.743. The van der Waals surface area contributed by atoms with Crippen LogP contribution < -0.4 is 4.74 Å². The average Bonchev–Trinajstić information content (AvgIpc) is 2.72. The zero-order valence-electron chi connectivity index (χ0n) is 16.2. The van der Waals surface area contributed by atoms with Gasteiger partial charge in [-0.3, -0.25) is 0 Å². The van der Waals surface area contributed by atoms with Crippen LogP contribution >= 0.6 is 0 Å². The first kappa shape index (κ1) is 22.5. The van der Waals surface area contributed by atoms with Crippen molar-refractivity contribution >= 4 is 11.6 Å². The molecule has 0 spiro atoms. The van der Waals surface area contributed by atoms with Gasteiger partial charge in [0.15, 0.2) is 0 Å². The van der Waals surface area contributed by atoms with Crippen molar-refractivity contribution in [1.82, 2.24) is 0 Å². The highest BCUT2D eigenvalue weighted by Gasteiger charge is 2.38. The van der Waals surface area contributed by atoms with E-state index in [-0.39, 0.29) is 12.3 Å². The van der Waals surface area contributed by atoms with Crippen LogP contribution in [0.2, 0.25) is 0 Å². The lowest BCUT2D eigenvalue weighted by Gasteiger charge is -2.11. The molecule has 0 radical (unpaired) electrons. The molecule has 2 rings (SSSR count). The Hall–Kier alpha value is -2.80. The zero-order chi connectivity index (χ0) is 21.0. The van der Waals surface area contributed by atoms with E-state index in [9.17, 15) is 13.2 Å². The first-order valence-corrected chi connectivity index (χ1v) is 9.18. The summed E-state index contributed by atoms with van der Waals surface area (Å²) in [4.78, 5) is 3.55. The molecule has 0 amide bonds. The standard InChI is InChI=1S/C22H24F3NO3/c1-27-20-13-11-19(12-14-20)26-21(22(23,24)25)29-16-8-3-2-7-15-28-17-18-9-5-4-6-10-18/h3-6,8-14H,2,7,15-17H2,1H3/b8-3-,26-21?. The van der Waals surface area contributed by atoms with Crippen LogP contribution in [0.5, 0.6) is 5.75 Å². The van der Waals surface area contributed by atoms with Crippen LogP contribution in [-0.4, -0.2) is 32.4 Å². The van der Waals surface area contributed by atoms with Crippen LogP contribution in [-0.2, 0) is 16.1 Å². The van der Waals surface area contributed by atoms with Gasteiger partial charge in [-0.1, -0.05) is 42.5 Å². The number of ether oxygens (including phenoxy) is 3. The molecule has 0 N–H and O–H groups in total. The number of allylic oxidation sites excluding steroid dienone is 1. The van der Waals surface area contributed by atoms with Gasteiger partial charge in [-0.2, -0.15) is 13.2 Å². The monoisotopic (exact) mass is 407 g/mol. The van der Waals surface area contributed by atoms with Gasteiger partial charge in [-0.25, -0.2) is 4.99 Å². The third-order valence-corrected chi connectivity index (χ3v) is 3.80. The number of methoxy groups -OCH3 is 1. The second-order valence-electron chi connectivity index (χ2n) is 6.08. The minimum Gasteiger partial charge on any atom is -0.497 e. The van der Waals surface area contributed by atoms with Crippen molar-refractivity contribution in [2.24, 2.45) is 4.99 Å². The van der Waals surface area contributed by atoms with Gasteiger partial charge < -0.3 is 14.2 Å². The largest absolute Gasteiger partial charge is 0.497 e. The first-order valence-electron chi connectivity index (χ1n) is 9.18. The summed E-state index contributed by atoms with van der Waals surface area (Å²) >= 11 is 0. The molecule has 0 bridgehead atoms. The maximum atomic E-state index is 13.1. The Morgan fingerprint density at radius 1 is 1.00 bits per heavy atom. The van der Waals surface area contributed by atoms with Crippen LogP contribution in [0.3, 0.4) is 0 Å². The molecule has 4 nitrogen and oxygen atoms in total. The van der Waals surface area contributed by atoms with Crippen molar-refractivity contribution in [2.45, 2.75) is 25.6 Å². The Labute approximate surface area is 168 Å². The molecule has 156 valence electrons. The lowest BCUT2D eigenvalue weighted by molar-refractivity contribution is -0.0770. The van der Waals surface area contributed by atoms with E-state index in [1.165, 1.54) is 31.4 Å². The van der Waals surface area contributed by atoms with E-state index in [4.69, 9.17) is 14.2 Å². The predicted octanol–water partition coefficient (Wildman–Crippen LogP) is 5.86. The smallest absolute Gasteiger partial charge is 0.468 e. The summed E-state index contributed by atoms with van der Waals surface area (Å²) in [6.45, 7) is 0.913. The van der Waals surface area contributed by atoms with E-state index in [0.29, 0.717) is 25.4 Å². The van der Waals surface area contributed by atoms with Gasteiger partial charge in [0.2, 0.25) is 0 Å². The molecule has 0 aliphatic heterocycles. The minimum absolute atomic E-state index is 0.137. The fourth-order valence-corrected chi connectivity index (χ4v) is 2.33. The molecule has 29 heavy (non-hydrogen) atoms. The summed E-state index contributed by atoms with van der Waals surface area (Å²) < 4.78 is 54.6. The molecule has 0 saturated heterocycles. The molecule has 0 aliphatic rings. The van der Waals surface area contributed by atoms with Gasteiger partial charge in [0.25, 0.3) is 5.90 Å². The molecular weight excluding hydrogens is 383 g/mol. The Morgan fingerprint density at radius 3 is 2.38 bits per heavy atom. The topological polar surface area (TPSA) is 40.0 Å². The Bertz CT molecular complexity index is 772. The molecule has 0 aliphatic carbocycles. The molecule has 0 heterocycles. The molecule has 2 aromatic carbocycles. The number of aliphatic imine (C=N–C) groups is 1. The van der Waals surface area contributed by atoms with Crippen LogP contribution in [0, 0.1) is 0 Å². The van der Waals surface area contributed by atoms with E-state index >= 15 is 0 Å². The number of rotatable bonds is 10. The quantitative estimate of drug-likeness (QED) is 0.214. The molecule has 0 atom stereocenters. The minimum atomic E-state index is -4.67. The number of alkyl halides is 3. The number of hydrogen-bond acceptors (Lipinski definition) is 4. The molecule has 0 fully saturated rings. The van der Waals surface area contributed by atoms with Gasteiger partial charge in [0.1, 0.15) is 12.4 Å². The average molecular weight is 407 g/mol. The van der Waals surface area contributed by atoms with Crippen molar-refractivity contribution < 1.29 is 27.4 Å². The summed E-state index contributed by atoms with van der Waals surface area (Å²) in [6, 6.07) is 15.8. The lowest BCUT2D eigenvalue weighted by atomic mass is 10.2. The van der Waals surface area contributed by atoms with Gasteiger partial charge in [-0.05, 0) is 42.7 Å². The van der Waals surface area contributed by atoms with Gasteiger partial charge in [-0.15, -0.1) is 0 Å². The highest BCUT2D eigenvalue weighted by molar-refractivity contribution is 5.84. The van der Waals surface area contributed by atoms with Gasteiger partial charge in [0, 0.05) is 6.61 Å². The SMILES string of the molecule is COc1ccc(N=C(OC/C=C\CCCOCc2ccccc2)C(F)(F)F)cc1. The number of benzene rings is 2. The highest BCUT2D eigenvalue weighted by Crippen LogP contribution is 2.24. The molecule has 7 heteroatoms. The number of hydrogen-bond donors (Lipinski definition) is 0. The Kier molecular flexibility index (Phi) is 9.24. The maximum Gasteiger partial charge on any atom is 0.468 e. The third kappa shape index (κ3) is 8.83. The second-order valence-corrected chi connectivity index (χ2v) is 6.08. The zero-order valence-corrected chi connectivity index (χ0v) is 16.2. The van der Waals surface area contributed by atoms with Crippen LogP contribution in [0.25, 0.3) is 0 Å². The summed E-state index contributed by atoms with van der Waals surface area (Å²) in [5.41, 5.74) is 1.24. The van der Waals surface area contributed by atoms with E-state index < -0.39 is 12.1 Å². The number of nitrogens with zero attached hydrogens (tertiary/aromatic N) is 1. The molecule has 0 saturated carbocycles. The predicted molar refractivity (Wildman–Crippen MR) is 107 cm³/mol. The molecule has 0 unspecified atom stereocenters. The fourth-order valence-electron chi connectivity index (χ4n) is 2.33. The maximum absolute atomic E-state index is 13.1. The highest BCUT2D eigenvalue weighted by atomic mass is 19.4. The van der Waals surface area contributed by atoms with Crippen LogP contribution in [0.4, 0.5) is 18.9 Å². The van der Waals surface area contributed by atoms with E-state index in [1.54, 1.807) is 12.2 Å². The summed E-state index contributed by atoms with van der Waals surface area (Å²) in [6.07, 6.45) is 0.114. The van der Waals surface area contributed by atoms with Crippen molar-refractivity contribution in [3.8, 4) is 5.75 Å². The molecule has 2 aromatic rings. The fraction of sp³-hybridized carbons (Fsp3) is 0.318. The van der Waals surface area contributed by atoms with Crippen molar-refractivity contribution in [1.29, 1.82) is 0 Å². The lowest BCUT2D eigenvalue weighted by Crippen LogP contribution is -2.25. The number of halogens is 3. The first-order chi connectivity index (χ1) is 14.0. The Morgan fingerprint density at radius 2 is 1.72 bits per heavy atom. The Balaban J connectivity index is 1.71.